The second kappa shape index (κ2) is 15.0. The van der Waals surface area contributed by atoms with Crippen molar-refractivity contribution in [3.05, 3.63) is 169 Å². The van der Waals surface area contributed by atoms with Crippen LogP contribution >= 0.6 is 0 Å². The Morgan fingerprint density at radius 1 is 0.816 bits per heavy atom. The highest BCUT2D eigenvalue weighted by molar-refractivity contribution is 5.90. The number of nitrogens with zero attached hydrogens (tertiary/aromatic N) is 1. The predicted molar refractivity (Wildman–Crippen MR) is 182 cm³/mol. The van der Waals surface area contributed by atoms with E-state index in [9.17, 15) is 19.2 Å². The molecule has 1 aliphatic heterocycles. The Hall–Kier alpha value is -5.74. The molecule has 5 aromatic rings. The van der Waals surface area contributed by atoms with Gasteiger partial charge in [0.1, 0.15) is 37.4 Å². The van der Waals surface area contributed by atoms with Crippen molar-refractivity contribution in [1.82, 2.24) is 9.55 Å². The molecule has 1 aliphatic rings. The Morgan fingerprint density at radius 3 is 2.16 bits per heavy atom. The first-order valence-electron chi connectivity index (χ1n) is 16.0. The summed E-state index contributed by atoms with van der Waals surface area (Å²) in [5.74, 6) is -0.492. The number of carbonyl (C=O) groups is 2. The molecule has 10 nitrogen and oxygen atoms in total. The van der Waals surface area contributed by atoms with E-state index in [2.05, 4.69) is 4.98 Å². The Bertz CT molecular complexity index is 2040. The number of hydrogen-bond donors (Lipinski definition) is 1. The Labute approximate surface area is 282 Å². The largest absolute Gasteiger partial charge is 0.489 e. The summed E-state index contributed by atoms with van der Waals surface area (Å²) in [6.07, 6.45) is -0.891. The van der Waals surface area contributed by atoms with Crippen molar-refractivity contribution in [2.24, 2.45) is 0 Å². The van der Waals surface area contributed by atoms with Gasteiger partial charge in [-0.05, 0) is 61.4 Å². The van der Waals surface area contributed by atoms with Crippen molar-refractivity contribution in [2.75, 3.05) is 6.61 Å². The molecule has 250 valence electrons. The number of rotatable bonds is 11. The highest BCUT2D eigenvalue weighted by atomic mass is 16.6. The van der Waals surface area contributed by atoms with Gasteiger partial charge in [-0.25, -0.2) is 14.4 Å². The molecule has 0 amide bonds. The maximum Gasteiger partial charge on any atom is 0.338 e. The number of carbonyl (C=O) groups excluding carboxylic acids is 2. The molecule has 0 saturated carbocycles. The van der Waals surface area contributed by atoms with E-state index in [4.69, 9.17) is 18.9 Å². The topological polar surface area (TPSA) is 126 Å². The third-order valence-electron chi connectivity index (χ3n) is 8.29. The number of benzene rings is 4. The lowest BCUT2D eigenvalue weighted by molar-refractivity contribution is -0.0582. The molecular formula is C39H36N2O8. The summed E-state index contributed by atoms with van der Waals surface area (Å²) in [4.78, 5) is 54.3. The van der Waals surface area contributed by atoms with Gasteiger partial charge in [-0.15, -0.1) is 0 Å². The van der Waals surface area contributed by atoms with Crippen LogP contribution < -0.4 is 16.0 Å². The van der Waals surface area contributed by atoms with Crippen LogP contribution in [0.25, 0.3) is 0 Å². The quantitative estimate of drug-likeness (QED) is 0.179. The molecule has 0 bridgehead atoms. The molecule has 1 N–H and O–H groups in total. The summed E-state index contributed by atoms with van der Waals surface area (Å²) in [6.45, 7) is 3.99. The van der Waals surface area contributed by atoms with Crippen molar-refractivity contribution in [3.63, 3.8) is 0 Å². The van der Waals surface area contributed by atoms with E-state index in [1.807, 2.05) is 68.4 Å². The van der Waals surface area contributed by atoms with Gasteiger partial charge in [-0.3, -0.25) is 14.3 Å². The first-order valence-corrected chi connectivity index (χ1v) is 16.0. The van der Waals surface area contributed by atoms with E-state index >= 15 is 0 Å². The first kappa shape index (κ1) is 33.2. The van der Waals surface area contributed by atoms with Gasteiger partial charge in [0.15, 0.2) is 0 Å². The van der Waals surface area contributed by atoms with Crippen LogP contribution in [0.2, 0.25) is 0 Å². The molecule has 2 heterocycles. The highest BCUT2D eigenvalue weighted by Gasteiger charge is 2.40. The maximum atomic E-state index is 13.1. The Balaban J connectivity index is 1.20. The van der Waals surface area contributed by atoms with Gasteiger partial charge in [0.05, 0.1) is 11.1 Å². The fourth-order valence-electron chi connectivity index (χ4n) is 5.54. The van der Waals surface area contributed by atoms with E-state index in [-0.39, 0.29) is 19.4 Å². The van der Waals surface area contributed by atoms with Gasteiger partial charge in [0.2, 0.25) is 0 Å². The molecule has 3 atom stereocenters. The minimum Gasteiger partial charge on any atom is -0.489 e. The number of aryl methyl sites for hydroxylation is 2. The number of hydrogen-bond acceptors (Lipinski definition) is 8. The number of ether oxygens (including phenoxy) is 4. The molecule has 10 heteroatoms. The summed E-state index contributed by atoms with van der Waals surface area (Å²) >= 11 is 0. The average molecular weight is 661 g/mol. The zero-order valence-electron chi connectivity index (χ0n) is 27.2. The van der Waals surface area contributed by atoms with E-state index in [0.717, 1.165) is 22.3 Å². The van der Waals surface area contributed by atoms with Crippen LogP contribution in [-0.4, -0.2) is 40.3 Å². The molecular weight excluding hydrogens is 624 g/mol. The summed E-state index contributed by atoms with van der Waals surface area (Å²) in [5.41, 5.74) is 3.65. The van der Waals surface area contributed by atoms with Crippen molar-refractivity contribution in [1.29, 1.82) is 0 Å². The fraction of sp³-hybridized carbons (Fsp3) is 0.231. The normalized spacial score (nSPS) is 17.0. The summed E-state index contributed by atoms with van der Waals surface area (Å²) < 4.78 is 24.9. The molecule has 0 radical (unpaired) electrons. The number of aromatic amines is 1. The van der Waals surface area contributed by atoms with Crippen LogP contribution in [0.4, 0.5) is 0 Å². The Kier molecular flexibility index (Phi) is 10.2. The third kappa shape index (κ3) is 8.41. The maximum absolute atomic E-state index is 13.1. The predicted octanol–water partition coefficient (Wildman–Crippen LogP) is 5.69. The zero-order valence-corrected chi connectivity index (χ0v) is 27.2. The summed E-state index contributed by atoms with van der Waals surface area (Å²) in [6, 6.07) is 31.1. The smallest absolute Gasteiger partial charge is 0.338 e. The molecule has 4 aromatic carbocycles. The Morgan fingerprint density at radius 2 is 1.47 bits per heavy atom. The van der Waals surface area contributed by atoms with E-state index < -0.39 is 41.6 Å². The number of esters is 2. The number of H-pyrrole nitrogens is 1. The lowest BCUT2D eigenvalue weighted by Crippen LogP contribution is -2.34. The standard InChI is InChI=1S/C39H36N2O8/c1-25-11-15-29(16-12-25)37(43)47-24-34-33(49-38(44)30-17-13-26(2)14-18-30)21-35(48-34)41-22-31(36(42)40-39(41)45)19-28-9-6-10-32(20-28)46-23-27-7-4-3-5-8-27/h3-18,20,22,33-35H,19,21,23-24H2,1-2H3,(H,40,42,45)/t33-,34+,35+/m0/s1. The molecule has 6 rings (SSSR count). The minimum atomic E-state index is -0.914. The second-order valence-electron chi connectivity index (χ2n) is 12.1. The van der Waals surface area contributed by atoms with Gasteiger partial charge in [0, 0.05) is 24.6 Å². The highest BCUT2D eigenvalue weighted by Crippen LogP contribution is 2.31. The lowest BCUT2D eigenvalue weighted by atomic mass is 10.1. The van der Waals surface area contributed by atoms with Crippen LogP contribution in [0.5, 0.6) is 5.75 Å². The van der Waals surface area contributed by atoms with Gasteiger partial charge in [-0.2, -0.15) is 0 Å². The van der Waals surface area contributed by atoms with Gasteiger partial charge >= 0.3 is 17.6 Å². The molecule has 1 fully saturated rings. The lowest BCUT2D eigenvalue weighted by Gasteiger charge is -2.19. The monoisotopic (exact) mass is 660 g/mol. The van der Waals surface area contributed by atoms with Crippen LogP contribution in [0.15, 0.2) is 119 Å². The minimum absolute atomic E-state index is 0.0819. The van der Waals surface area contributed by atoms with Crippen LogP contribution in [0, 0.1) is 13.8 Å². The third-order valence-corrected chi connectivity index (χ3v) is 8.29. The van der Waals surface area contributed by atoms with E-state index in [1.165, 1.54) is 10.8 Å². The zero-order chi connectivity index (χ0) is 34.3. The van der Waals surface area contributed by atoms with Crippen molar-refractivity contribution in [3.8, 4) is 5.75 Å². The fourth-order valence-corrected chi connectivity index (χ4v) is 5.54. The SMILES string of the molecule is Cc1ccc(C(=O)OC[C@H]2O[C@@H](n3cc(Cc4cccc(OCc5ccccc5)c4)c(=O)[nH]c3=O)C[C@@H]2OC(=O)c2ccc(C)cc2)cc1. The van der Waals surface area contributed by atoms with Crippen LogP contribution in [-0.2, 0) is 27.2 Å². The summed E-state index contributed by atoms with van der Waals surface area (Å²) in [7, 11) is 0. The van der Waals surface area contributed by atoms with Gasteiger partial charge in [-0.1, -0.05) is 77.9 Å². The van der Waals surface area contributed by atoms with E-state index in [1.54, 1.807) is 48.5 Å². The molecule has 0 spiro atoms. The van der Waals surface area contributed by atoms with Crippen molar-refractivity contribution in [2.45, 2.75) is 51.7 Å². The molecule has 49 heavy (non-hydrogen) atoms. The molecule has 0 unspecified atom stereocenters. The van der Waals surface area contributed by atoms with E-state index in [0.29, 0.717) is 29.0 Å². The number of aromatic nitrogens is 2. The van der Waals surface area contributed by atoms with Crippen molar-refractivity contribution >= 4 is 11.9 Å². The van der Waals surface area contributed by atoms with Crippen LogP contribution in [0.3, 0.4) is 0 Å². The molecule has 1 aromatic heterocycles. The second-order valence-corrected chi connectivity index (χ2v) is 12.1. The van der Waals surface area contributed by atoms with Crippen LogP contribution in [0.1, 0.15) is 61.2 Å². The summed E-state index contributed by atoms with van der Waals surface area (Å²) in [5, 5.41) is 0. The van der Waals surface area contributed by atoms with Crippen molar-refractivity contribution < 1.29 is 28.5 Å². The first-order chi connectivity index (χ1) is 23.7. The van der Waals surface area contributed by atoms with Gasteiger partial charge < -0.3 is 18.9 Å². The molecule has 1 saturated heterocycles. The molecule has 0 aliphatic carbocycles. The average Bonchev–Trinajstić information content (AvgIpc) is 3.50. The number of nitrogens with one attached hydrogen (secondary N) is 1. The van der Waals surface area contributed by atoms with Gasteiger partial charge in [0.25, 0.3) is 5.56 Å².